The molecule has 0 bridgehead atoms. The van der Waals surface area contributed by atoms with Gasteiger partial charge in [0.15, 0.2) is 0 Å². The van der Waals surface area contributed by atoms with Crippen molar-refractivity contribution in [2.75, 3.05) is 0 Å². The first-order valence-electron chi connectivity index (χ1n) is 5.58. The van der Waals surface area contributed by atoms with Crippen molar-refractivity contribution in [1.82, 2.24) is 0 Å². The van der Waals surface area contributed by atoms with Gasteiger partial charge < -0.3 is 5.11 Å². The van der Waals surface area contributed by atoms with Gasteiger partial charge >= 0.3 is 0 Å². The Morgan fingerprint density at radius 3 is 2.24 bits per heavy atom. The van der Waals surface area contributed by atoms with Crippen LogP contribution in [-0.4, -0.2) is 5.11 Å². The number of hydrogen-bond acceptors (Lipinski definition) is 1. The average molecular weight is 338 g/mol. The summed E-state index contributed by atoms with van der Waals surface area (Å²) in [4.78, 5) is 0. The first-order valence-corrected chi connectivity index (χ1v) is 6.66. The van der Waals surface area contributed by atoms with Crippen LogP contribution in [0.4, 0.5) is 0 Å². The van der Waals surface area contributed by atoms with E-state index in [1.54, 1.807) is 0 Å². The zero-order chi connectivity index (χ0) is 12.4. The molecule has 0 amide bonds. The van der Waals surface area contributed by atoms with Gasteiger partial charge in [0.1, 0.15) is 6.10 Å². The highest BCUT2D eigenvalue weighted by Crippen LogP contribution is 2.25. The van der Waals surface area contributed by atoms with Crippen LogP contribution in [0.1, 0.15) is 28.4 Å². The number of rotatable bonds is 2. The molecule has 0 heterocycles. The number of halogens is 1. The monoisotopic (exact) mass is 338 g/mol. The summed E-state index contributed by atoms with van der Waals surface area (Å²) < 4.78 is 1.18. The predicted octanol–water partition coefficient (Wildman–Crippen LogP) is 3.99. The Bertz CT molecular complexity index is 517. The van der Waals surface area contributed by atoms with E-state index in [9.17, 15) is 5.11 Å². The Balaban J connectivity index is 2.36. The fraction of sp³-hybridized carbons (Fsp3) is 0.200. The standard InChI is InChI=1S/C15H15IO/c1-10-3-8-14(11(2)9-10)15(17)12-4-6-13(16)7-5-12/h3-9,15,17H,1-2H3. The first-order chi connectivity index (χ1) is 8.08. The van der Waals surface area contributed by atoms with Gasteiger partial charge in [0.2, 0.25) is 0 Å². The molecule has 0 aliphatic heterocycles. The second-order valence-corrected chi connectivity index (χ2v) is 5.56. The molecule has 2 rings (SSSR count). The van der Waals surface area contributed by atoms with E-state index in [1.807, 2.05) is 43.3 Å². The maximum atomic E-state index is 10.4. The van der Waals surface area contributed by atoms with Gasteiger partial charge in [-0.25, -0.2) is 0 Å². The summed E-state index contributed by atoms with van der Waals surface area (Å²) in [6, 6.07) is 14.1. The largest absolute Gasteiger partial charge is 0.384 e. The minimum atomic E-state index is -0.535. The average Bonchev–Trinajstić information content (AvgIpc) is 2.29. The van der Waals surface area contributed by atoms with Gasteiger partial charge in [-0.3, -0.25) is 0 Å². The topological polar surface area (TPSA) is 20.2 Å². The third kappa shape index (κ3) is 2.87. The molecule has 1 nitrogen and oxygen atoms in total. The van der Waals surface area contributed by atoms with E-state index >= 15 is 0 Å². The Hall–Kier alpha value is -0.870. The van der Waals surface area contributed by atoms with Crippen LogP contribution in [0.5, 0.6) is 0 Å². The van der Waals surface area contributed by atoms with Crippen LogP contribution in [0.3, 0.4) is 0 Å². The molecular weight excluding hydrogens is 323 g/mol. The van der Waals surface area contributed by atoms with E-state index in [-0.39, 0.29) is 0 Å². The minimum Gasteiger partial charge on any atom is -0.384 e. The highest BCUT2D eigenvalue weighted by molar-refractivity contribution is 14.1. The molecule has 17 heavy (non-hydrogen) atoms. The summed E-state index contributed by atoms with van der Waals surface area (Å²) in [6.07, 6.45) is -0.535. The molecule has 0 saturated carbocycles. The van der Waals surface area contributed by atoms with Gasteiger partial charge in [-0.15, -0.1) is 0 Å². The maximum absolute atomic E-state index is 10.4. The van der Waals surface area contributed by atoms with Crippen molar-refractivity contribution < 1.29 is 5.11 Å². The van der Waals surface area contributed by atoms with Gasteiger partial charge in [-0.05, 0) is 65.3 Å². The molecule has 2 aromatic carbocycles. The maximum Gasteiger partial charge on any atom is 0.104 e. The lowest BCUT2D eigenvalue weighted by atomic mass is 9.96. The summed E-state index contributed by atoms with van der Waals surface area (Å²) >= 11 is 2.26. The van der Waals surface area contributed by atoms with Crippen molar-refractivity contribution >= 4 is 22.6 Å². The molecule has 1 unspecified atom stereocenters. The van der Waals surface area contributed by atoms with Crippen LogP contribution in [0.15, 0.2) is 42.5 Å². The second kappa shape index (κ2) is 5.19. The van der Waals surface area contributed by atoms with Gasteiger partial charge in [-0.1, -0.05) is 35.9 Å². The fourth-order valence-electron chi connectivity index (χ4n) is 1.96. The summed E-state index contributed by atoms with van der Waals surface area (Å²) in [5, 5.41) is 10.4. The molecule has 2 heteroatoms. The molecule has 0 aliphatic rings. The van der Waals surface area contributed by atoms with E-state index in [2.05, 4.69) is 35.6 Å². The van der Waals surface area contributed by atoms with E-state index in [0.717, 1.165) is 16.7 Å². The Kier molecular flexibility index (Phi) is 3.84. The molecule has 0 aliphatic carbocycles. The molecule has 0 saturated heterocycles. The quantitative estimate of drug-likeness (QED) is 0.821. The molecule has 0 aromatic heterocycles. The third-order valence-corrected chi connectivity index (χ3v) is 3.62. The lowest BCUT2D eigenvalue weighted by Gasteiger charge is -2.14. The lowest BCUT2D eigenvalue weighted by molar-refractivity contribution is 0.219. The molecule has 0 spiro atoms. The van der Waals surface area contributed by atoms with Crippen LogP contribution in [0.25, 0.3) is 0 Å². The number of hydrogen-bond donors (Lipinski definition) is 1. The zero-order valence-electron chi connectivity index (χ0n) is 9.94. The van der Waals surface area contributed by atoms with Crippen molar-refractivity contribution in [3.63, 3.8) is 0 Å². The van der Waals surface area contributed by atoms with Crippen LogP contribution in [-0.2, 0) is 0 Å². The van der Waals surface area contributed by atoms with E-state index < -0.39 is 6.10 Å². The van der Waals surface area contributed by atoms with Gasteiger partial charge in [0.25, 0.3) is 0 Å². The molecular formula is C15H15IO. The van der Waals surface area contributed by atoms with E-state index in [1.165, 1.54) is 9.13 Å². The van der Waals surface area contributed by atoms with Crippen molar-refractivity contribution in [3.05, 3.63) is 68.3 Å². The summed E-state index contributed by atoms with van der Waals surface area (Å²) in [5.41, 5.74) is 4.28. The molecule has 1 atom stereocenters. The Morgan fingerprint density at radius 2 is 1.65 bits per heavy atom. The highest BCUT2D eigenvalue weighted by atomic mass is 127. The smallest absolute Gasteiger partial charge is 0.104 e. The van der Waals surface area contributed by atoms with Crippen LogP contribution < -0.4 is 0 Å². The van der Waals surface area contributed by atoms with Crippen LogP contribution in [0, 0.1) is 17.4 Å². The van der Waals surface area contributed by atoms with Gasteiger partial charge in [-0.2, -0.15) is 0 Å². The number of aliphatic hydroxyl groups is 1. The Morgan fingerprint density at radius 1 is 1.00 bits per heavy atom. The molecule has 0 fully saturated rings. The lowest BCUT2D eigenvalue weighted by Crippen LogP contribution is -2.02. The van der Waals surface area contributed by atoms with Crippen molar-refractivity contribution in [3.8, 4) is 0 Å². The number of benzene rings is 2. The summed E-state index contributed by atoms with van der Waals surface area (Å²) in [5.74, 6) is 0. The number of aryl methyl sites for hydroxylation is 2. The number of aliphatic hydroxyl groups excluding tert-OH is 1. The normalized spacial score (nSPS) is 12.5. The van der Waals surface area contributed by atoms with Crippen molar-refractivity contribution in [2.24, 2.45) is 0 Å². The predicted molar refractivity (Wildman–Crippen MR) is 79.1 cm³/mol. The summed E-state index contributed by atoms with van der Waals surface area (Å²) in [7, 11) is 0. The third-order valence-electron chi connectivity index (χ3n) is 2.91. The summed E-state index contributed by atoms with van der Waals surface area (Å²) in [6.45, 7) is 4.10. The van der Waals surface area contributed by atoms with E-state index in [4.69, 9.17) is 0 Å². The fourth-order valence-corrected chi connectivity index (χ4v) is 2.32. The highest BCUT2D eigenvalue weighted by Gasteiger charge is 2.12. The molecule has 0 radical (unpaired) electrons. The van der Waals surface area contributed by atoms with Crippen molar-refractivity contribution in [2.45, 2.75) is 20.0 Å². The first kappa shape index (κ1) is 12.6. The van der Waals surface area contributed by atoms with E-state index in [0.29, 0.717) is 0 Å². The minimum absolute atomic E-state index is 0.535. The Labute approximate surface area is 116 Å². The zero-order valence-corrected chi connectivity index (χ0v) is 12.1. The van der Waals surface area contributed by atoms with Gasteiger partial charge in [0.05, 0.1) is 0 Å². The van der Waals surface area contributed by atoms with Crippen molar-refractivity contribution in [1.29, 1.82) is 0 Å². The molecule has 1 N–H and O–H groups in total. The van der Waals surface area contributed by atoms with Gasteiger partial charge in [0, 0.05) is 3.57 Å². The van der Waals surface area contributed by atoms with Crippen LogP contribution >= 0.6 is 22.6 Å². The second-order valence-electron chi connectivity index (χ2n) is 4.31. The molecule has 2 aromatic rings. The SMILES string of the molecule is Cc1ccc(C(O)c2ccc(I)cc2)c(C)c1. The van der Waals surface area contributed by atoms with Crippen LogP contribution in [0.2, 0.25) is 0 Å². The molecule has 88 valence electrons.